The van der Waals surface area contributed by atoms with Crippen LogP contribution in [0, 0.1) is 17.3 Å². The summed E-state index contributed by atoms with van der Waals surface area (Å²) in [6.07, 6.45) is -1.41. The van der Waals surface area contributed by atoms with Crippen molar-refractivity contribution in [3.8, 4) is 0 Å². The average molecular weight is 350 g/mol. The van der Waals surface area contributed by atoms with Crippen LogP contribution in [0.1, 0.15) is 30.7 Å². The summed E-state index contributed by atoms with van der Waals surface area (Å²) < 4.78 is 0. The van der Waals surface area contributed by atoms with E-state index in [9.17, 15) is 29.4 Å². The standard InChI is InChI=1S/C17H18O8/c18-13(19)6-10(15(22)23)17(11(16(24)25)7-14(20)21)8-12(17)9-4-2-1-3-5-9/h1-5,10-12H,6-8H2,(H,18,19)(H,20,21)(H,22,23)(H,24,25). The van der Waals surface area contributed by atoms with E-state index in [0.717, 1.165) is 0 Å². The Morgan fingerprint density at radius 3 is 1.68 bits per heavy atom. The summed E-state index contributed by atoms with van der Waals surface area (Å²) in [5.41, 5.74) is -0.772. The van der Waals surface area contributed by atoms with Gasteiger partial charge in [0.1, 0.15) is 0 Å². The van der Waals surface area contributed by atoms with Crippen LogP contribution in [-0.4, -0.2) is 44.3 Å². The number of benzene rings is 1. The van der Waals surface area contributed by atoms with Gasteiger partial charge in [-0.1, -0.05) is 30.3 Å². The summed E-state index contributed by atoms with van der Waals surface area (Å²) in [7, 11) is 0. The van der Waals surface area contributed by atoms with E-state index in [-0.39, 0.29) is 6.42 Å². The second-order valence-corrected chi connectivity index (χ2v) is 6.26. The molecule has 25 heavy (non-hydrogen) atoms. The van der Waals surface area contributed by atoms with Crippen molar-refractivity contribution in [3.63, 3.8) is 0 Å². The Kier molecular flexibility index (Phi) is 5.10. The Morgan fingerprint density at radius 1 is 0.880 bits per heavy atom. The van der Waals surface area contributed by atoms with Gasteiger partial charge in [0.15, 0.2) is 0 Å². The van der Waals surface area contributed by atoms with Crippen molar-refractivity contribution in [2.24, 2.45) is 17.3 Å². The highest BCUT2D eigenvalue weighted by molar-refractivity contribution is 5.84. The maximum absolute atomic E-state index is 11.7. The molecule has 0 aliphatic heterocycles. The van der Waals surface area contributed by atoms with Gasteiger partial charge in [-0.3, -0.25) is 19.2 Å². The van der Waals surface area contributed by atoms with Crippen LogP contribution in [0.4, 0.5) is 0 Å². The first-order valence-electron chi connectivity index (χ1n) is 7.64. The van der Waals surface area contributed by atoms with Crippen LogP contribution in [0.25, 0.3) is 0 Å². The van der Waals surface area contributed by atoms with Gasteiger partial charge in [0.25, 0.3) is 0 Å². The zero-order valence-corrected chi connectivity index (χ0v) is 13.2. The Labute approximate surface area is 142 Å². The predicted molar refractivity (Wildman–Crippen MR) is 83.0 cm³/mol. The molecular weight excluding hydrogens is 332 g/mol. The predicted octanol–water partition coefficient (Wildman–Crippen LogP) is 1.51. The molecule has 0 saturated heterocycles. The minimum absolute atomic E-state index is 0.117. The molecule has 0 aromatic heterocycles. The fourth-order valence-corrected chi connectivity index (χ4v) is 3.78. The van der Waals surface area contributed by atoms with Gasteiger partial charge in [0, 0.05) is 5.41 Å². The molecule has 1 aromatic rings. The fraction of sp³-hybridized carbons (Fsp3) is 0.412. The van der Waals surface area contributed by atoms with Crippen LogP contribution >= 0.6 is 0 Å². The van der Waals surface area contributed by atoms with Gasteiger partial charge in [-0.05, 0) is 17.9 Å². The zero-order valence-electron chi connectivity index (χ0n) is 13.2. The molecular formula is C17H18O8. The van der Waals surface area contributed by atoms with E-state index in [1.165, 1.54) is 0 Å². The molecule has 4 N–H and O–H groups in total. The molecule has 134 valence electrons. The van der Waals surface area contributed by atoms with Gasteiger partial charge in [-0.2, -0.15) is 0 Å². The molecule has 2 rings (SSSR count). The number of carboxylic acid groups (broad SMARTS) is 4. The van der Waals surface area contributed by atoms with Crippen molar-refractivity contribution in [3.05, 3.63) is 35.9 Å². The number of hydrogen-bond acceptors (Lipinski definition) is 4. The number of carboxylic acids is 4. The summed E-state index contributed by atoms with van der Waals surface area (Å²) in [6, 6.07) is 8.56. The van der Waals surface area contributed by atoms with Crippen molar-refractivity contribution in [2.75, 3.05) is 0 Å². The Morgan fingerprint density at radius 2 is 1.32 bits per heavy atom. The summed E-state index contributed by atoms with van der Waals surface area (Å²) >= 11 is 0. The van der Waals surface area contributed by atoms with Crippen molar-refractivity contribution >= 4 is 23.9 Å². The van der Waals surface area contributed by atoms with Crippen LogP contribution in [0.2, 0.25) is 0 Å². The highest BCUT2D eigenvalue weighted by Crippen LogP contribution is 2.69. The van der Waals surface area contributed by atoms with Crippen LogP contribution in [-0.2, 0) is 19.2 Å². The molecule has 3 unspecified atom stereocenters. The molecule has 1 saturated carbocycles. The third kappa shape index (κ3) is 3.62. The summed E-state index contributed by atoms with van der Waals surface area (Å²) in [6.45, 7) is 0. The van der Waals surface area contributed by atoms with Crippen molar-refractivity contribution < 1.29 is 39.6 Å². The van der Waals surface area contributed by atoms with Gasteiger partial charge >= 0.3 is 23.9 Å². The number of hydrogen-bond donors (Lipinski definition) is 4. The maximum atomic E-state index is 11.7. The highest BCUT2D eigenvalue weighted by atomic mass is 16.4. The van der Waals surface area contributed by atoms with Gasteiger partial charge in [0.2, 0.25) is 0 Å². The van der Waals surface area contributed by atoms with E-state index >= 15 is 0 Å². The lowest BCUT2D eigenvalue weighted by Gasteiger charge is -2.29. The van der Waals surface area contributed by atoms with Crippen LogP contribution in [0.15, 0.2) is 30.3 Å². The van der Waals surface area contributed by atoms with Gasteiger partial charge < -0.3 is 20.4 Å². The quantitative estimate of drug-likeness (QED) is 0.523. The smallest absolute Gasteiger partial charge is 0.307 e. The van der Waals surface area contributed by atoms with Crippen LogP contribution in [0.5, 0.6) is 0 Å². The van der Waals surface area contributed by atoms with Gasteiger partial charge in [0.05, 0.1) is 24.7 Å². The second-order valence-electron chi connectivity index (χ2n) is 6.26. The molecule has 0 heterocycles. The van der Waals surface area contributed by atoms with Crippen LogP contribution < -0.4 is 0 Å². The molecule has 0 spiro atoms. The van der Waals surface area contributed by atoms with E-state index in [0.29, 0.717) is 5.56 Å². The number of aliphatic carboxylic acids is 4. The lowest BCUT2D eigenvalue weighted by molar-refractivity contribution is -0.159. The molecule has 1 aromatic carbocycles. The Balaban J connectivity index is 2.52. The van der Waals surface area contributed by atoms with Crippen molar-refractivity contribution in [1.29, 1.82) is 0 Å². The normalized spacial score (nSPS) is 24.1. The second kappa shape index (κ2) is 6.92. The van der Waals surface area contributed by atoms with Crippen LogP contribution in [0.3, 0.4) is 0 Å². The molecule has 3 atom stereocenters. The Bertz CT molecular complexity index is 662. The molecule has 0 radical (unpaired) electrons. The lowest BCUT2D eigenvalue weighted by Crippen LogP contribution is -2.39. The first-order chi connectivity index (χ1) is 11.7. The monoisotopic (exact) mass is 350 g/mol. The maximum Gasteiger partial charge on any atom is 0.307 e. The average Bonchev–Trinajstić information content (AvgIpc) is 3.26. The largest absolute Gasteiger partial charge is 0.481 e. The number of carbonyl (C=O) groups is 4. The Hall–Kier alpha value is -2.90. The van der Waals surface area contributed by atoms with E-state index in [1.807, 2.05) is 0 Å². The fourth-order valence-electron chi connectivity index (χ4n) is 3.78. The van der Waals surface area contributed by atoms with E-state index in [2.05, 4.69) is 0 Å². The van der Waals surface area contributed by atoms with E-state index in [1.54, 1.807) is 30.3 Å². The molecule has 1 aliphatic rings. The number of rotatable bonds is 9. The molecule has 1 aliphatic carbocycles. The molecule has 8 nitrogen and oxygen atoms in total. The topological polar surface area (TPSA) is 149 Å². The lowest BCUT2D eigenvalue weighted by atomic mass is 9.72. The first-order valence-corrected chi connectivity index (χ1v) is 7.64. The van der Waals surface area contributed by atoms with Gasteiger partial charge in [-0.15, -0.1) is 0 Å². The molecule has 8 heteroatoms. The summed E-state index contributed by atoms with van der Waals surface area (Å²) in [5.74, 6) is -9.11. The third-order valence-corrected chi connectivity index (χ3v) is 4.90. The third-order valence-electron chi connectivity index (χ3n) is 4.90. The van der Waals surface area contributed by atoms with Crippen molar-refractivity contribution in [2.45, 2.75) is 25.2 Å². The SMILES string of the molecule is O=C(O)CC(C(=O)O)C1(C(CC(=O)O)C(=O)O)CC1c1ccccc1. The molecule has 0 amide bonds. The van der Waals surface area contributed by atoms with E-state index < -0.39 is 59.9 Å². The zero-order chi connectivity index (χ0) is 18.8. The molecule has 0 bridgehead atoms. The first kappa shape index (κ1) is 18.4. The highest BCUT2D eigenvalue weighted by Gasteiger charge is 2.67. The van der Waals surface area contributed by atoms with E-state index in [4.69, 9.17) is 10.2 Å². The van der Waals surface area contributed by atoms with Gasteiger partial charge in [-0.25, -0.2) is 0 Å². The summed E-state index contributed by atoms with van der Waals surface area (Å²) in [5, 5.41) is 37.2. The minimum Gasteiger partial charge on any atom is -0.481 e. The minimum atomic E-state index is -1.49. The summed E-state index contributed by atoms with van der Waals surface area (Å²) in [4.78, 5) is 45.7. The van der Waals surface area contributed by atoms with Crippen molar-refractivity contribution in [1.82, 2.24) is 0 Å². The molecule has 1 fully saturated rings.